The minimum absolute atomic E-state index is 0.00243. The number of aliphatic hydroxyl groups is 2. The van der Waals surface area contributed by atoms with Crippen LogP contribution in [0, 0.1) is 28.6 Å². The molecular formula is C23H30O6. The molecule has 4 aliphatic carbocycles. The minimum Gasteiger partial charge on any atom is -0.458 e. The lowest BCUT2D eigenvalue weighted by molar-refractivity contribution is -0.181. The normalized spacial score (nSPS) is 45.7. The van der Waals surface area contributed by atoms with Gasteiger partial charge in [-0.05, 0) is 56.1 Å². The van der Waals surface area contributed by atoms with Crippen molar-refractivity contribution in [1.82, 2.24) is 0 Å². The summed E-state index contributed by atoms with van der Waals surface area (Å²) in [7, 11) is 0. The molecule has 0 aliphatic heterocycles. The molecule has 6 heteroatoms. The van der Waals surface area contributed by atoms with Crippen LogP contribution in [0.15, 0.2) is 23.8 Å². The highest BCUT2D eigenvalue weighted by Crippen LogP contribution is 2.67. The van der Waals surface area contributed by atoms with Crippen LogP contribution in [0.25, 0.3) is 0 Å². The number of esters is 1. The van der Waals surface area contributed by atoms with Gasteiger partial charge in [0.25, 0.3) is 0 Å². The third-order valence-electron chi connectivity index (χ3n) is 8.52. The highest BCUT2D eigenvalue weighted by Gasteiger charge is 2.68. The highest BCUT2D eigenvalue weighted by molar-refractivity contribution is 6.01. The SMILES string of the molecule is CC(=O)OCC(=O)[C@]1(O)CC[C@@H]2[C@H]3CCC4=CC(=O)C=C[C@]4(C)[C@@H]3[C@H](O)C[C@]21C. The Morgan fingerprint density at radius 1 is 1.28 bits per heavy atom. The van der Waals surface area contributed by atoms with E-state index in [2.05, 4.69) is 6.92 Å². The maximum atomic E-state index is 12.9. The maximum Gasteiger partial charge on any atom is 0.303 e. The van der Waals surface area contributed by atoms with Gasteiger partial charge >= 0.3 is 5.97 Å². The van der Waals surface area contributed by atoms with Crippen molar-refractivity contribution in [2.75, 3.05) is 6.61 Å². The third-order valence-corrected chi connectivity index (χ3v) is 8.52. The van der Waals surface area contributed by atoms with Gasteiger partial charge in [0.2, 0.25) is 5.78 Å². The van der Waals surface area contributed by atoms with Crippen molar-refractivity contribution in [2.24, 2.45) is 28.6 Å². The maximum absolute atomic E-state index is 12.9. The molecule has 158 valence electrons. The molecule has 0 heterocycles. The fraction of sp³-hybridized carbons (Fsp3) is 0.696. The molecule has 4 aliphatic rings. The Bertz CT molecular complexity index is 827. The number of ether oxygens (including phenoxy) is 1. The molecule has 0 aromatic rings. The van der Waals surface area contributed by atoms with Crippen LogP contribution in [0.1, 0.15) is 52.9 Å². The first-order valence-electron chi connectivity index (χ1n) is 10.5. The van der Waals surface area contributed by atoms with Crippen LogP contribution in [-0.4, -0.2) is 46.1 Å². The lowest BCUT2D eigenvalue weighted by Crippen LogP contribution is -2.61. The molecular weight excluding hydrogens is 372 g/mol. The Balaban J connectivity index is 1.66. The molecule has 2 N–H and O–H groups in total. The summed E-state index contributed by atoms with van der Waals surface area (Å²) in [5.74, 6) is -0.836. The summed E-state index contributed by atoms with van der Waals surface area (Å²) in [5.41, 5.74) is -1.67. The first-order valence-corrected chi connectivity index (χ1v) is 10.5. The standard InChI is InChI=1S/C23H30O6/c1-13(24)29-12-19(27)23(28)9-7-17-16-5-4-14-10-15(25)6-8-21(14,2)20(16)18(26)11-22(17,23)3/h6,8,10,16-18,20,26,28H,4-5,7,9,11-12H2,1-3H3/t16-,17-,18-,20+,21+,22-,23-/m1/s1. The third kappa shape index (κ3) is 2.79. The summed E-state index contributed by atoms with van der Waals surface area (Å²) >= 11 is 0. The minimum atomic E-state index is -1.60. The molecule has 0 spiro atoms. The highest BCUT2D eigenvalue weighted by atomic mass is 16.5. The van der Waals surface area contributed by atoms with E-state index in [0.29, 0.717) is 19.3 Å². The number of Topliss-reactive ketones (excluding diaryl/α,β-unsaturated/α-hetero) is 1. The number of fused-ring (bicyclic) bond motifs is 5. The van der Waals surface area contributed by atoms with Crippen molar-refractivity contribution in [1.29, 1.82) is 0 Å². The second-order valence-electron chi connectivity index (χ2n) is 9.81. The molecule has 0 unspecified atom stereocenters. The number of ketones is 2. The van der Waals surface area contributed by atoms with Gasteiger partial charge < -0.3 is 14.9 Å². The number of hydrogen-bond donors (Lipinski definition) is 2. The summed E-state index contributed by atoms with van der Waals surface area (Å²) in [6.07, 6.45) is 7.50. The fourth-order valence-corrected chi connectivity index (χ4v) is 7.08. The van der Waals surface area contributed by atoms with E-state index in [-0.39, 0.29) is 29.0 Å². The van der Waals surface area contributed by atoms with Crippen molar-refractivity contribution in [3.63, 3.8) is 0 Å². The van der Waals surface area contributed by atoms with Gasteiger partial charge in [-0.25, -0.2) is 0 Å². The van der Waals surface area contributed by atoms with Gasteiger partial charge in [-0.15, -0.1) is 0 Å². The van der Waals surface area contributed by atoms with E-state index in [1.807, 2.05) is 13.0 Å². The van der Waals surface area contributed by atoms with Gasteiger partial charge in [0.15, 0.2) is 12.4 Å². The number of rotatable bonds is 3. The zero-order valence-electron chi connectivity index (χ0n) is 17.3. The Morgan fingerprint density at radius 2 is 2.00 bits per heavy atom. The summed E-state index contributed by atoms with van der Waals surface area (Å²) in [5, 5.41) is 22.7. The van der Waals surface area contributed by atoms with Gasteiger partial charge in [-0.2, -0.15) is 0 Å². The van der Waals surface area contributed by atoms with Crippen LogP contribution in [-0.2, 0) is 19.1 Å². The molecule has 0 bridgehead atoms. The van der Waals surface area contributed by atoms with Crippen molar-refractivity contribution >= 4 is 17.5 Å². The van der Waals surface area contributed by atoms with E-state index in [1.54, 1.807) is 12.2 Å². The number of allylic oxidation sites excluding steroid dienone is 4. The predicted octanol–water partition coefficient (Wildman–Crippen LogP) is 2.13. The van der Waals surface area contributed by atoms with Crippen LogP contribution < -0.4 is 0 Å². The summed E-state index contributed by atoms with van der Waals surface area (Å²) in [6, 6.07) is 0. The smallest absolute Gasteiger partial charge is 0.303 e. The molecule has 3 saturated carbocycles. The van der Waals surface area contributed by atoms with Crippen molar-refractivity contribution in [2.45, 2.75) is 64.6 Å². The van der Waals surface area contributed by atoms with Gasteiger partial charge in [-0.1, -0.05) is 25.5 Å². The molecule has 29 heavy (non-hydrogen) atoms. The Hall–Kier alpha value is -1.79. The first-order chi connectivity index (χ1) is 13.5. The monoisotopic (exact) mass is 402 g/mol. The van der Waals surface area contributed by atoms with E-state index in [0.717, 1.165) is 18.4 Å². The molecule has 0 aromatic carbocycles. The number of hydrogen-bond acceptors (Lipinski definition) is 6. The quantitative estimate of drug-likeness (QED) is 0.702. The van der Waals surface area contributed by atoms with Gasteiger partial charge in [0.05, 0.1) is 6.10 Å². The molecule has 3 fully saturated rings. The number of carbonyl (C=O) groups excluding carboxylic acids is 3. The number of aliphatic hydroxyl groups excluding tert-OH is 1. The Morgan fingerprint density at radius 3 is 2.69 bits per heavy atom. The first kappa shape index (κ1) is 20.5. The van der Waals surface area contributed by atoms with E-state index < -0.39 is 35.5 Å². The Kier molecular flexibility index (Phi) is 4.67. The van der Waals surface area contributed by atoms with Crippen molar-refractivity contribution in [3.8, 4) is 0 Å². The topological polar surface area (TPSA) is 101 Å². The molecule has 6 nitrogen and oxygen atoms in total. The zero-order valence-corrected chi connectivity index (χ0v) is 17.3. The molecule has 0 saturated heterocycles. The van der Waals surface area contributed by atoms with Crippen LogP contribution in [0.4, 0.5) is 0 Å². The van der Waals surface area contributed by atoms with Crippen LogP contribution in [0.3, 0.4) is 0 Å². The second-order valence-corrected chi connectivity index (χ2v) is 9.81. The molecule has 7 atom stereocenters. The summed E-state index contributed by atoms with van der Waals surface area (Å²) < 4.78 is 4.88. The molecule has 0 amide bonds. The van der Waals surface area contributed by atoms with Gasteiger partial charge in [0.1, 0.15) is 5.60 Å². The van der Waals surface area contributed by atoms with E-state index in [9.17, 15) is 24.6 Å². The Labute approximate surface area is 171 Å². The van der Waals surface area contributed by atoms with Crippen molar-refractivity contribution < 1.29 is 29.3 Å². The van der Waals surface area contributed by atoms with Gasteiger partial charge in [-0.3, -0.25) is 14.4 Å². The zero-order chi connectivity index (χ0) is 21.2. The van der Waals surface area contributed by atoms with Crippen molar-refractivity contribution in [3.05, 3.63) is 23.8 Å². The van der Waals surface area contributed by atoms with Crippen LogP contribution in [0.5, 0.6) is 0 Å². The fourth-order valence-electron chi connectivity index (χ4n) is 7.08. The van der Waals surface area contributed by atoms with Gasteiger partial charge in [0, 0.05) is 23.7 Å². The van der Waals surface area contributed by atoms with Crippen LogP contribution >= 0.6 is 0 Å². The summed E-state index contributed by atoms with van der Waals surface area (Å²) in [6.45, 7) is 4.80. The van der Waals surface area contributed by atoms with Crippen LogP contribution in [0.2, 0.25) is 0 Å². The van der Waals surface area contributed by atoms with E-state index in [4.69, 9.17) is 4.74 Å². The predicted molar refractivity (Wildman–Crippen MR) is 105 cm³/mol. The second kappa shape index (κ2) is 6.61. The molecule has 4 rings (SSSR count). The largest absolute Gasteiger partial charge is 0.458 e. The lowest BCUT2D eigenvalue weighted by Gasteiger charge is -2.59. The average Bonchev–Trinajstić information content (AvgIpc) is 2.91. The average molecular weight is 402 g/mol. The van der Waals surface area contributed by atoms with E-state index >= 15 is 0 Å². The van der Waals surface area contributed by atoms with E-state index in [1.165, 1.54) is 6.92 Å². The number of carbonyl (C=O) groups is 3. The summed E-state index contributed by atoms with van der Waals surface area (Å²) in [4.78, 5) is 35.9. The molecule has 0 radical (unpaired) electrons. The lowest BCUT2D eigenvalue weighted by atomic mass is 9.46. The molecule has 0 aromatic heterocycles.